The van der Waals surface area contributed by atoms with E-state index in [1.165, 1.54) is 5.56 Å². The zero-order chi connectivity index (χ0) is 18.4. The molecule has 6 heteroatoms. The number of pyridine rings is 1. The largest absolute Gasteiger partial charge is 0.444 e. The second-order valence-electron chi connectivity index (χ2n) is 8.10. The Hall–Kier alpha value is -1.82. The molecule has 0 aliphatic carbocycles. The van der Waals surface area contributed by atoms with Crippen LogP contribution in [0.1, 0.15) is 52.0 Å². The zero-order valence-corrected chi connectivity index (χ0v) is 16.1. The van der Waals surface area contributed by atoms with Crippen molar-refractivity contribution in [1.82, 2.24) is 9.88 Å². The third-order valence-electron chi connectivity index (χ3n) is 4.88. The van der Waals surface area contributed by atoms with Crippen LogP contribution in [0, 0.1) is 0 Å². The van der Waals surface area contributed by atoms with Gasteiger partial charge in [0.2, 0.25) is 0 Å². The molecule has 0 unspecified atom stereocenters. The van der Waals surface area contributed by atoms with Gasteiger partial charge in [-0.15, -0.1) is 0 Å². The van der Waals surface area contributed by atoms with E-state index < -0.39 is 5.60 Å². The summed E-state index contributed by atoms with van der Waals surface area (Å²) in [6, 6.07) is 4.65. The first-order valence-corrected chi connectivity index (χ1v) is 8.98. The van der Waals surface area contributed by atoms with Gasteiger partial charge in [-0.1, -0.05) is 6.07 Å². The van der Waals surface area contributed by atoms with Crippen LogP contribution in [0.2, 0.25) is 0 Å². The summed E-state index contributed by atoms with van der Waals surface area (Å²) >= 11 is 0. The molecule has 0 bridgehead atoms. The molecule has 1 aromatic rings. The Morgan fingerprint density at radius 3 is 2.68 bits per heavy atom. The molecule has 2 aliphatic rings. The van der Waals surface area contributed by atoms with Gasteiger partial charge in [0, 0.05) is 26.2 Å². The summed E-state index contributed by atoms with van der Waals surface area (Å²) in [6.07, 6.45) is 0.660. The van der Waals surface area contributed by atoms with Gasteiger partial charge >= 0.3 is 6.09 Å². The van der Waals surface area contributed by atoms with Crippen LogP contribution in [0.15, 0.2) is 12.1 Å². The Kier molecular flexibility index (Phi) is 4.66. The zero-order valence-electron chi connectivity index (χ0n) is 16.1. The molecule has 1 saturated heterocycles. The summed E-state index contributed by atoms with van der Waals surface area (Å²) in [4.78, 5) is 21.5. The molecule has 138 valence electrons. The number of rotatable bonds is 2. The molecule has 0 radical (unpaired) electrons. The second kappa shape index (κ2) is 6.48. The monoisotopic (exact) mass is 347 g/mol. The summed E-state index contributed by atoms with van der Waals surface area (Å²) in [5.41, 5.74) is 1.72. The van der Waals surface area contributed by atoms with Gasteiger partial charge in [0.05, 0.1) is 17.8 Å². The van der Waals surface area contributed by atoms with Crippen LogP contribution < -0.4 is 4.90 Å². The molecule has 3 heterocycles. The number of aromatic nitrogens is 1. The molecule has 0 N–H and O–H groups in total. The lowest BCUT2D eigenvalue weighted by Crippen LogP contribution is -2.58. The highest BCUT2D eigenvalue weighted by atomic mass is 16.6. The Morgan fingerprint density at radius 2 is 2.04 bits per heavy atom. The maximum absolute atomic E-state index is 12.5. The summed E-state index contributed by atoms with van der Waals surface area (Å²) in [6.45, 7) is 11.2. The molecule has 25 heavy (non-hydrogen) atoms. The van der Waals surface area contributed by atoms with Crippen molar-refractivity contribution in [3.63, 3.8) is 0 Å². The van der Waals surface area contributed by atoms with Crippen molar-refractivity contribution in [2.75, 3.05) is 25.1 Å². The first kappa shape index (κ1) is 18.0. The van der Waals surface area contributed by atoms with E-state index in [1.54, 1.807) is 7.11 Å². The number of carbonyl (C=O) groups is 1. The van der Waals surface area contributed by atoms with Crippen LogP contribution in [-0.4, -0.2) is 53.9 Å². The summed E-state index contributed by atoms with van der Waals surface area (Å²) in [7, 11) is 1.70. The van der Waals surface area contributed by atoms with Crippen molar-refractivity contribution in [1.29, 1.82) is 0 Å². The number of hydrogen-bond acceptors (Lipinski definition) is 5. The van der Waals surface area contributed by atoms with Gasteiger partial charge in [0.15, 0.2) is 0 Å². The lowest BCUT2D eigenvalue weighted by atomic mass is 10.1. The summed E-state index contributed by atoms with van der Waals surface area (Å²) in [5, 5.41) is 0. The maximum atomic E-state index is 12.5. The number of nitrogens with zero attached hydrogens (tertiary/aromatic N) is 3. The van der Waals surface area contributed by atoms with Crippen molar-refractivity contribution in [3.05, 3.63) is 23.4 Å². The molecule has 0 saturated carbocycles. The number of fused-ring (bicyclic) bond motifs is 3. The van der Waals surface area contributed by atoms with E-state index in [9.17, 15) is 4.79 Å². The SMILES string of the molecule is CO[C@@H](C)c1ccc2c(n1)N1[C@H](C2)CN(C(=O)OC(C)(C)C)C[C@H]1C. The number of anilines is 1. The number of hydrogen-bond donors (Lipinski definition) is 0. The van der Waals surface area contributed by atoms with Crippen LogP contribution in [-0.2, 0) is 15.9 Å². The van der Waals surface area contributed by atoms with Gasteiger partial charge in [-0.25, -0.2) is 9.78 Å². The lowest BCUT2D eigenvalue weighted by molar-refractivity contribution is 0.0191. The molecule has 3 rings (SSSR count). The van der Waals surface area contributed by atoms with Gasteiger partial charge in [-0.2, -0.15) is 0 Å². The quantitative estimate of drug-likeness (QED) is 0.822. The molecular weight excluding hydrogens is 318 g/mol. The summed E-state index contributed by atoms with van der Waals surface area (Å²) < 4.78 is 11.0. The predicted octanol–water partition coefficient (Wildman–Crippen LogP) is 3.16. The lowest BCUT2D eigenvalue weighted by Gasteiger charge is -2.43. The van der Waals surface area contributed by atoms with E-state index in [2.05, 4.69) is 17.9 Å². The van der Waals surface area contributed by atoms with E-state index in [-0.39, 0.29) is 24.3 Å². The minimum atomic E-state index is -0.469. The van der Waals surface area contributed by atoms with Crippen molar-refractivity contribution < 1.29 is 14.3 Å². The Morgan fingerprint density at radius 1 is 1.32 bits per heavy atom. The Balaban J connectivity index is 1.78. The second-order valence-corrected chi connectivity index (χ2v) is 8.10. The molecule has 3 atom stereocenters. The number of amides is 1. The van der Waals surface area contributed by atoms with E-state index >= 15 is 0 Å². The van der Waals surface area contributed by atoms with Crippen molar-refractivity contribution in [2.45, 2.75) is 64.8 Å². The molecule has 2 aliphatic heterocycles. The normalized spacial score (nSPS) is 23.9. The predicted molar refractivity (Wildman–Crippen MR) is 96.9 cm³/mol. The summed E-state index contributed by atoms with van der Waals surface area (Å²) in [5.74, 6) is 1.04. The van der Waals surface area contributed by atoms with Crippen LogP contribution in [0.3, 0.4) is 0 Å². The van der Waals surface area contributed by atoms with E-state index in [0.717, 1.165) is 17.9 Å². The molecule has 6 nitrogen and oxygen atoms in total. The van der Waals surface area contributed by atoms with E-state index in [1.807, 2.05) is 38.7 Å². The standard InChI is InChI=1S/C19H29N3O3/c1-12-10-21(18(23)25-19(3,4)5)11-15-9-14-7-8-16(13(2)24-6)20-17(14)22(12)15/h7-8,12-13,15H,9-11H2,1-6H3/t12-,13+,15-/m1/s1. The van der Waals surface area contributed by atoms with Crippen LogP contribution in [0.5, 0.6) is 0 Å². The Bertz CT molecular complexity index is 656. The average molecular weight is 347 g/mol. The van der Waals surface area contributed by atoms with E-state index in [0.29, 0.717) is 13.1 Å². The molecule has 1 aromatic heterocycles. The molecule has 0 aromatic carbocycles. The fraction of sp³-hybridized carbons (Fsp3) is 0.684. The topological polar surface area (TPSA) is 54.9 Å². The fourth-order valence-electron chi connectivity index (χ4n) is 3.68. The van der Waals surface area contributed by atoms with Crippen LogP contribution in [0.25, 0.3) is 0 Å². The van der Waals surface area contributed by atoms with Crippen LogP contribution in [0.4, 0.5) is 10.6 Å². The maximum Gasteiger partial charge on any atom is 0.410 e. The molecule has 0 spiro atoms. The highest BCUT2D eigenvalue weighted by molar-refractivity contribution is 5.69. The Labute approximate surface area is 150 Å². The highest BCUT2D eigenvalue weighted by Crippen LogP contribution is 2.36. The fourth-order valence-corrected chi connectivity index (χ4v) is 3.68. The number of piperazine rings is 1. The van der Waals surface area contributed by atoms with Gasteiger partial charge < -0.3 is 19.3 Å². The van der Waals surface area contributed by atoms with Gasteiger partial charge in [-0.3, -0.25) is 0 Å². The van der Waals surface area contributed by atoms with Crippen molar-refractivity contribution in [2.24, 2.45) is 0 Å². The number of ether oxygens (including phenoxy) is 2. The van der Waals surface area contributed by atoms with Crippen molar-refractivity contribution >= 4 is 11.9 Å². The van der Waals surface area contributed by atoms with Gasteiger partial charge in [0.25, 0.3) is 0 Å². The van der Waals surface area contributed by atoms with Crippen molar-refractivity contribution in [3.8, 4) is 0 Å². The van der Waals surface area contributed by atoms with Gasteiger partial charge in [-0.05, 0) is 52.7 Å². The number of methoxy groups -OCH3 is 1. The molecular formula is C19H29N3O3. The third kappa shape index (κ3) is 3.59. The molecule has 1 fully saturated rings. The first-order valence-electron chi connectivity index (χ1n) is 8.98. The molecule has 1 amide bonds. The smallest absolute Gasteiger partial charge is 0.410 e. The minimum absolute atomic E-state index is 0.0253. The number of carbonyl (C=O) groups excluding carboxylic acids is 1. The first-order chi connectivity index (χ1) is 11.7. The van der Waals surface area contributed by atoms with E-state index in [4.69, 9.17) is 14.5 Å². The highest BCUT2D eigenvalue weighted by Gasteiger charge is 2.41. The van der Waals surface area contributed by atoms with Crippen LogP contribution >= 0.6 is 0 Å². The minimum Gasteiger partial charge on any atom is -0.444 e. The van der Waals surface area contributed by atoms with Gasteiger partial charge in [0.1, 0.15) is 11.4 Å². The average Bonchev–Trinajstić information content (AvgIpc) is 2.90. The third-order valence-corrected chi connectivity index (χ3v) is 4.88.